The van der Waals surface area contributed by atoms with Crippen molar-refractivity contribution in [1.82, 2.24) is 15.2 Å². The quantitative estimate of drug-likeness (QED) is 0.419. The van der Waals surface area contributed by atoms with E-state index in [2.05, 4.69) is 20.5 Å². The summed E-state index contributed by atoms with van der Waals surface area (Å²) in [5.41, 5.74) is 2.78. The molecule has 0 aliphatic rings. The van der Waals surface area contributed by atoms with Crippen LogP contribution in [0.5, 0.6) is 0 Å². The molecule has 0 fully saturated rings. The molecule has 5 aromatic rings. The molecule has 0 spiro atoms. The number of fused-ring (bicyclic) bond motifs is 1. The molecule has 3 aromatic heterocycles. The second kappa shape index (κ2) is 7.66. The number of aromatic nitrogens is 3. The summed E-state index contributed by atoms with van der Waals surface area (Å²) >= 11 is 3.03. The van der Waals surface area contributed by atoms with Crippen LogP contribution in [0.4, 0.5) is 5.69 Å². The zero-order chi connectivity index (χ0) is 20.5. The first-order valence-corrected chi connectivity index (χ1v) is 10.7. The molecule has 0 atom stereocenters. The number of rotatable bonds is 4. The summed E-state index contributed by atoms with van der Waals surface area (Å²) < 4.78 is 1.12. The summed E-state index contributed by atoms with van der Waals surface area (Å²) in [4.78, 5) is 30.2. The van der Waals surface area contributed by atoms with Crippen LogP contribution in [0, 0.1) is 0 Å². The summed E-state index contributed by atoms with van der Waals surface area (Å²) in [5.74, 6) is -0.182. The highest BCUT2D eigenvalue weighted by molar-refractivity contribution is 7.26. The Morgan fingerprint density at radius 3 is 2.67 bits per heavy atom. The van der Waals surface area contributed by atoms with Crippen LogP contribution in [0.15, 0.2) is 77.6 Å². The number of carbonyl (C=O) groups excluding carboxylic acids is 1. The van der Waals surface area contributed by atoms with Gasteiger partial charge in [-0.05, 0) is 42.5 Å². The van der Waals surface area contributed by atoms with Gasteiger partial charge in [-0.1, -0.05) is 24.3 Å². The van der Waals surface area contributed by atoms with E-state index in [1.165, 1.54) is 17.4 Å². The average molecular weight is 431 g/mol. The highest BCUT2D eigenvalue weighted by atomic mass is 32.1. The molecule has 146 valence electrons. The van der Waals surface area contributed by atoms with Crippen LogP contribution in [0.3, 0.4) is 0 Å². The summed E-state index contributed by atoms with van der Waals surface area (Å²) in [7, 11) is 0. The van der Waals surface area contributed by atoms with Gasteiger partial charge in [0.1, 0.15) is 5.01 Å². The lowest BCUT2D eigenvalue weighted by Gasteiger charge is -2.06. The number of hydrogen-bond acceptors (Lipinski definition) is 6. The maximum absolute atomic E-state index is 12.7. The molecule has 6 nitrogen and oxygen atoms in total. The number of anilines is 1. The molecule has 2 N–H and O–H groups in total. The molecule has 0 saturated heterocycles. The van der Waals surface area contributed by atoms with Gasteiger partial charge < -0.3 is 5.32 Å². The predicted octanol–water partition coefficient (Wildman–Crippen LogP) is 5.03. The Labute approximate surface area is 178 Å². The molecule has 0 aliphatic carbocycles. The molecule has 3 heterocycles. The van der Waals surface area contributed by atoms with Crippen molar-refractivity contribution in [1.29, 1.82) is 0 Å². The van der Waals surface area contributed by atoms with Gasteiger partial charge in [-0.25, -0.2) is 10.1 Å². The van der Waals surface area contributed by atoms with Crippen LogP contribution in [0.1, 0.15) is 9.67 Å². The Hall–Kier alpha value is -3.62. The standard InChI is InChI=1S/C22H14N4O2S2/c27-20-11-8-15(25-26-20)13-4-3-5-14(12-13)23-21(28)18-9-10-19(29-18)22-24-16-6-1-2-7-17(16)30-22/h1-12H,(H,23,28)(H,26,27). The van der Waals surface area contributed by atoms with Gasteiger partial charge in [-0.3, -0.25) is 9.59 Å². The topological polar surface area (TPSA) is 87.7 Å². The number of carbonyl (C=O) groups is 1. The van der Waals surface area contributed by atoms with Crippen molar-refractivity contribution < 1.29 is 4.79 Å². The lowest BCUT2D eigenvalue weighted by atomic mass is 10.1. The third-order valence-corrected chi connectivity index (χ3v) is 6.72. The van der Waals surface area contributed by atoms with Crippen LogP contribution < -0.4 is 10.9 Å². The van der Waals surface area contributed by atoms with Crippen molar-refractivity contribution in [2.45, 2.75) is 0 Å². The molecular formula is C22H14N4O2S2. The van der Waals surface area contributed by atoms with E-state index in [9.17, 15) is 9.59 Å². The van der Waals surface area contributed by atoms with Gasteiger partial charge in [0.2, 0.25) is 0 Å². The molecule has 0 bridgehead atoms. The van der Waals surface area contributed by atoms with Crippen LogP contribution in [0.25, 0.3) is 31.4 Å². The SMILES string of the molecule is O=C(Nc1cccc(-c2ccc(=O)[nH]n2)c1)c1ccc(-c2nc3ccccc3s2)s1. The number of H-pyrrole nitrogens is 1. The summed E-state index contributed by atoms with van der Waals surface area (Å²) in [5, 5.41) is 10.3. The predicted molar refractivity (Wildman–Crippen MR) is 121 cm³/mol. The molecule has 0 radical (unpaired) electrons. The summed E-state index contributed by atoms with van der Waals surface area (Å²) in [6.07, 6.45) is 0. The van der Waals surface area contributed by atoms with E-state index in [-0.39, 0.29) is 11.5 Å². The fourth-order valence-corrected chi connectivity index (χ4v) is 4.93. The molecular weight excluding hydrogens is 416 g/mol. The van der Waals surface area contributed by atoms with Crippen molar-refractivity contribution in [3.8, 4) is 21.1 Å². The number of nitrogens with one attached hydrogen (secondary N) is 2. The van der Waals surface area contributed by atoms with Crippen LogP contribution in [0.2, 0.25) is 0 Å². The number of benzene rings is 2. The second-order valence-electron chi connectivity index (χ2n) is 6.49. The smallest absolute Gasteiger partial charge is 0.265 e. The minimum absolute atomic E-state index is 0.182. The Kier molecular flexibility index (Phi) is 4.70. The Balaban J connectivity index is 1.36. The fourth-order valence-electron chi connectivity index (χ4n) is 3.01. The van der Waals surface area contributed by atoms with Crippen LogP contribution >= 0.6 is 22.7 Å². The minimum atomic E-state index is -0.259. The number of para-hydroxylation sites is 1. The van der Waals surface area contributed by atoms with E-state index in [0.29, 0.717) is 16.3 Å². The molecule has 0 aliphatic heterocycles. The van der Waals surface area contributed by atoms with Gasteiger partial charge in [0.25, 0.3) is 11.5 Å². The lowest BCUT2D eigenvalue weighted by molar-refractivity contribution is 0.103. The minimum Gasteiger partial charge on any atom is -0.321 e. The van der Waals surface area contributed by atoms with Gasteiger partial charge in [0, 0.05) is 17.3 Å². The monoisotopic (exact) mass is 430 g/mol. The number of hydrogen-bond donors (Lipinski definition) is 2. The zero-order valence-corrected chi connectivity index (χ0v) is 17.1. The molecule has 8 heteroatoms. The number of nitrogens with zero attached hydrogens (tertiary/aromatic N) is 2. The van der Waals surface area contributed by atoms with Gasteiger partial charge >= 0.3 is 0 Å². The van der Waals surface area contributed by atoms with E-state index >= 15 is 0 Å². The number of thiophene rings is 1. The Morgan fingerprint density at radius 2 is 1.83 bits per heavy atom. The highest BCUT2D eigenvalue weighted by Gasteiger charge is 2.14. The van der Waals surface area contributed by atoms with Crippen molar-refractivity contribution in [3.63, 3.8) is 0 Å². The normalized spacial score (nSPS) is 10.9. The maximum Gasteiger partial charge on any atom is 0.265 e. The van der Waals surface area contributed by atoms with Crippen LogP contribution in [-0.2, 0) is 0 Å². The number of aromatic amines is 1. The van der Waals surface area contributed by atoms with Crippen molar-refractivity contribution in [3.05, 3.63) is 88.0 Å². The van der Waals surface area contributed by atoms with E-state index in [1.807, 2.05) is 60.7 Å². The lowest BCUT2D eigenvalue weighted by Crippen LogP contribution is -2.10. The molecule has 0 unspecified atom stereocenters. The second-order valence-corrected chi connectivity index (χ2v) is 8.61. The van der Waals surface area contributed by atoms with E-state index in [1.54, 1.807) is 17.4 Å². The molecule has 0 saturated carbocycles. The van der Waals surface area contributed by atoms with Crippen molar-refractivity contribution in [2.75, 3.05) is 5.32 Å². The third kappa shape index (κ3) is 3.66. The first-order valence-electron chi connectivity index (χ1n) is 9.09. The summed E-state index contributed by atoms with van der Waals surface area (Å²) in [6.45, 7) is 0. The van der Waals surface area contributed by atoms with Gasteiger partial charge in [-0.15, -0.1) is 22.7 Å². The number of amides is 1. The zero-order valence-electron chi connectivity index (χ0n) is 15.5. The van der Waals surface area contributed by atoms with Crippen LogP contribution in [-0.4, -0.2) is 21.1 Å². The van der Waals surface area contributed by atoms with Gasteiger partial charge in [-0.2, -0.15) is 5.10 Å². The third-order valence-electron chi connectivity index (χ3n) is 4.43. The largest absolute Gasteiger partial charge is 0.321 e. The molecule has 1 amide bonds. The molecule has 5 rings (SSSR count). The molecule has 2 aromatic carbocycles. The first-order chi connectivity index (χ1) is 14.7. The van der Waals surface area contributed by atoms with E-state index in [4.69, 9.17) is 0 Å². The van der Waals surface area contributed by atoms with E-state index < -0.39 is 0 Å². The van der Waals surface area contributed by atoms with Crippen molar-refractivity contribution in [2.24, 2.45) is 0 Å². The highest BCUT2D eigenvalue weighted by Crippen LogP contribution is 2.34. The van der Waals surface area contributed by atoms with E-state index in [0.717, 1.165) is 25.7 Å². The maximum atomic E-state index is 12.7. The fraction of sp³-hybridized carbons (Fsp3) is 0. The van der Waals surface area contributed by atoms with Crippen molar-refractivity contribution >= 4 is 44.5 Å². The summed E-state index contributed by atoms with van der Waals surface area (Å²) in [6, 6.07) is 22.1. The van der Waals surface area contributed by atoms with Gasteiger partial charge in [0.05, 0.1) is 25.7 Å². The van der Waals surface area contributed by atoms with Gasteiger partial charge in [0.15, 0.2) is 0 Å². The Morgan fingerprint density at radius 1 is 0.933 bits per heavy atom. The first kappa shape index (κ1) is 18.4. The Bertz CT molecular complexity index is 1380. The molecule has 30 heavy (non-hydrogen) atoms. The average Bonchev–Trinajstić information content (AvgIpc) is 3.42. The number of thiazole rings is 1.